The van der Waals surface area contributed by atoms with Crippen LogP contribution >= 0.6 is 31.9 Å². The van der Waals surface area contributed by atoms with Gasteiger partial charge in [0, 0.05) is 61.6 Å². The van der Waals surface area contributed by atoms with E-state index < -0.39 is 0 Å². The third kappa shape index (κ3) is 15.5. The molecule has 0 fully saturated rings. The predicted molar refractivity (Wildman–Crippen MR) is 190 cm³/mol. The average molecular weight is 711 g/mol. The Bertz CT molecular complexity index is 830. The number of pyridine rings is 2. The highest BCUT2D eigenvalue weighted by molar-refractivity contribution is 9.09. The van der Waals surface area contributed by atoms with Gasteiger partial charge in [-0.2, -0.15) is 9.13 Å². The summed E-state index contributed by atoms with van der Waals surface area (Å²) in [5.74, 6) is 1.55. The molecule has 238 valence electrons. The molecule has 2 heterocycles. The maximum Gasteiger partial charge on any atom is 0.211 e. The van der Waals surface area contributed by atoms with Gasteiger partial charge in [0.1, 0.15) is 0 Å². The fourth-order valence-corrected chi connectivity index (χ4v) is 6.72. The molecule has 4 unspecified atom stereocenters. The molecule has 2 rings (SSSR count). The van der Waals surface area contributed by atoms with E-state index in [1.807, 2.05) is 0 Å². The lowest BCUT2D eigenvalue weighted by atomic mass is 9.99. The quantitative estimate of drug-likeness (QED) is 0.0611. The molecule has 4 nitrogen and oxygen atoms in total. The van der Waals surface area contributed by atoms with E-state index in [4.69, 9.17) is 0 Å². The largest absolute Gasteiger partial charge is 0.384 e. The van der Waals surface area contributed by atoms with Crippen molar-refractivity contribution in [2.24, 2.45) is 11.8 Å². The number of unbranched alkanes of at least 4 members (excludes halogenated alkanes) is 7. The molecule has 0 aromatic carbocycles. The molecule has 0 bridgehead atoms. The number of halogens is 2. The number of hydrogen-bond acceptors (Lipinski definition) is 2. The van der Waals surface area contributed by atoms with Crippen molar-refractivity contribution in [2.45, 2.75) is 140 Å². The summed E-state index contributed by atoms with van der Waals surface area (Å²) in [6.45, 7) is 11.3. The minimum atomic E-state index is 0.376. The third-order valence-corrected chi connectivity index (χ3v) is 10.6. The van der Waals surface area contributed by atoms with Crippen LogP contribution in [0.1, 0.15) is 140 Å². The van der Waals surface area contributed by atoms with Crippen molar-refractivity contribution in [3.05, 3.63) is 49.1 Å². The topological polar surface area (TPSA) is 31.8 Å². The fourth-order valence-electron chi connectivity index (χ4n) is 5.53. The molecular formula is C36H62Br2N4+2. The van der Waals surface area contributed by atoms with Crippen molar-refractivity contribution in [3.8, 4) is 0 Å². The maximum atomic E-state index is 3.91. The summed E-state index contributed by atoms with van der Waals surface area (Å²) >= 11 is 7.81. The number of rotatable bonds is 25. The molecule has 0 saturated heterocycles. The van der Waals surface area contributed by atoms with Crippen molar-refractivity contribution in [3.63, 3.8) is 0 Å². The SMILES string of the molecule is CCCCC(CC)CNc1cc[n+](C(Br)CCCCCCCCC(Br)[n+]2ccc(NCC(CC)CCCC)cc2)cc1. The van der Waals surface area contributed by atoms with Crippen LogP contribution in [0.4, 0.5) is 11.4 Å². The highest BCUT2D eigenvalue weighted by atomic mass is 79.9. The maximum absolute atomic E-state index is 3.91. The van der Waals surface area contributed by atoms with Crippen LogP contribution in [0.3, 0.4) is 0 Å². The van der Waals surface area contributed by atoms with E-state index in [1.54, 1.807) is 0 Å². The van der Waals surface area contributed by atoms with Gasteiger partial charge in [0.25, 0.3) is 0 Å². The number of anilines is 2. The Balaban J connectivity index is 1.54. The Kier molecular flexibility index (Phi) is 20.5. The zero-order chi connectivity index (χ0) is 30.4. The highest BCUT2D eigenvalue weighted by Crippen LogP contribution is 2.21. The van der Waals surface area contributed by atoms with Gasteiger partial charge in [-0.1, -0.05) is 91.9 Å². The van der Waals surface area contributed by atoms with E-state index in [1.165, 1.54) is 114 Å². The molecule has 0 spiro atoms. The zero-order valence-corrected chi connectivity index (χ0v) is 30.5. The van der Waals surface area contributed by atoms with Crippen molar-refractivity contribution in [1.29, 1.82) is 0 Å². The first-order chi connectivity index (χ1) is 20.5. The second-order valence-corrected chi connectivity index (χ2v) is 14.3. The lowest BCUT2D eigenvalue weighted by molar-refractivity contribution is -0.698. The van der Waals surface area contributed by atoms with E-state index in [0.29, 0.717) is 9.90 Å². The Morgan fingerprint density at radius 3 is 1.21 bits per heavy atom. The summed E-state index contributed by atoms with van der Waals surface area (Å²) in [4.78, 5) is 0.753. The Morgan fingerprint density at radius 2 is 0.881 bits per heavy atom. The molecule has 0 aliphatic rings. The average Bonchev–Trinajstić information content (AvgIpc) is 3.02. The molecule has 0 radical (unpaired) electrons. The molecule has 4 atom stereocenters. The van der Waals surface area contributed by atoms with Crippen molar-refractivity contribution < 1.29 is 9.13 Å². The first-order valence-corrected chi connectivity index (χ1v) is 19.1. The summed E-state index contributed by atoms with van der Waals surface area (Å²) in [5.41, 5.74) is 2.47. The molecule has 0 saturated carbocycles. The minimum Gasteiger partial charge on any atom is -0.384 e. The van der Waals surface area contributed by atoms with Gasteiger partial charge in [-0.05, 0) is 69.4 Å². The van der Waals surface area contributed by atoms with Gasteiger partial charge < -0.3 is 10.6 Å². The van der Waals surface area contributed by atoms with Gasteiger partial charge in [-0.3, -0.25) is 0 Å². The number of nitrogens with zero attached hydrogens (tertiary/aromatic N) is 2. The first kappa shape index (κ1) is 37.0. The fraction of sp³-hybridized carbons (Fsp3) is 0.722. The van der Waals surface area contributed by atoms with Gasteiger partial charge in [-0.15, -0.1) is 0 Å². The highest BCUT2D eigenvalue weighted by Gasteiger charge is 2.15. The Morgan fingerprint density at radius 1 is 0.524 bits per heavy atom. The number of alkyl halides is 2. The predicted octanol–water partition coefficient (Wildman–Crippen LogP) is 11.1. The van der Waals surface area contributed by atoms with Crippen LogP contribution in [0.15, 0.2) is 49.1 Å². The van der Waals surface area contributed by atoms with Crippen LogP contribution in [0.25, 0.3) is 0 Å². The van der Waals surface area contributed by atoms with Crippen LogP contribution in [-0.4, -0.2) is 13.1 Å². The molecule has 42 heavy (non-hydrogen) atoms. The summed E-state index contributed by atoms with van der Waals surface area (Å²) in [6, 6.07) is 8.88. The van der Waals surface area contributed by atoms with Gasteiger partial charge in [0.2, 0.25) is 9.90 Å². The number of hydrogen-bond donors (Lipinski definition) is 2. The van der Waals surface area contributed by atoms with Crippen LogP contribution in [0.5, 0.6) is 0 Å². The second kappa shape index (κ2) is 23.3. The van der Waals surface area contributed by atoms with E-state index in [9.17, 15) is 0 Å². The third-order valence-electron chi connectivity index (χ3n) is 8.76. The summed E-state index contributed by atoms with van der Waals surface area (Å²) in [7, 11) is 0. The van der Waals surface area contributed by atoms with Gasteiger partial charge in [-0.25, -0.2) is 0 Å². The van der Waals surface area contributed by atoms with Crippen LogP contribution in [0, 0.1) is 11.8 Å². The smallest absolute Gasteiger partial charge is 0.211 e. The first-order valence-electron chi connectivity index (χ1n) is 17.3. The molecule has 2 N–H and O–H groups in total. The van der Waals surface area contributed by atoms with Crippen LogP contribution in [-0.2, 0) is 0 Å². The monoisotopic (exact) mass is 708 g/mol. The molecular weight excluding hydrogens is 648 g/mol. The standard InChI is InChI=1S/C36H60Br2N4/c1-5-9-17-31(7-3)29-39-33-21-25-41(26-22-33)35(37)19-15-13-11-12-14-16-20-36(38)42-27-23-34(24-28-42)40-30-32(8-4)18-10-6-2/h21-28,31-32,35-36H,5-20,29-30H2,1-4H3/p+2. The lowest BCUT2D eigenvalue weighted by Gasteiger charge is -2.16. The molecule has 6 heteroatoms. The number of nitrogens with one attached hydrogen (secondary N) is 2. The van der Waals surface area contributed by atoms with Gasteiger partial charge in [0.15, 0.2) is 24.8 Å². The van der Waals surface area contributed by atoms with Gasteiger partial charge in [0.05, 0.1) is 0 Å². The Labute approximate surface area is 276 Å². The van der Waals surface area contributed by atoms with E-state index in [-0.39, 0.29) is 0 Å². The summed E-state index contributed by atoms with van der Waals surface area (Å²) in [5, 5.41) is 7.29. The zero-order valence-electron chi connectivity index (χ0n) is 27.3. The molecule has 0 amide bonds. The van der Waals surface area contributed by atoms with Crippen LogP contribution < -0.4 is 19.8 Å². The molecule has 2 aromatic heterocycles. The lowest BCUT2D eigenvalue weighted by Crippen LogP contribution is -2.35. The molecule has 0 aliphatic carbocycles. The van der Waals surface area contributed by atoms with Gasteiger partial charge >= 0.3 is 0 Å². The summed E-state index contributed by atoms with van der Waals surface area (Å²) < 4.78 is 4.59. The van der Waals surface area contributed by atoms with Crippen LogP contribution in [0.2, 0.25) is 0 Å². The minimum absolute atomic E-state index is 0.376. The molecule has 0 aliphatic heterocycles. The summed E-state index contributed by atoms with van der Waals surface area (Å²) in [6.07, 6.45) is 29.5. The number of aromatic nitrogens is 2. The van der Waals surface area contributed by atoms with E-state index in [0.717, 1.165) is 24.9 Å². The van der Waals surface area contributed by atoms with Crippen molar-refractivity contribution in [2.75, 3.05) is 23.7 Å². The normalized spacial score (nSPS) is 14.3. The van der Waals surface area contributed by atoms with Crippen molar-refractivity contribution >= 4 is 43.2 Å². The second-order valence-electron chi connectivity index (χ2n) is 12.2. The van der Waals surface area contributed by atoms with E-state index in [2.05, 4.69) is 128 Å². The molecule has 2 aromatic rings. The van der Waals surface area contributed by atoms with Crippen molar-refractivity contribution in [1.82, 2.24) is 0 Å². The van der Waals surface area contributed by atoms with E-state index >= 15 is 0 Å². The Hall–Kier alpha value is -1.14.